The summed E-state index contributed by atoms with van der Waals surface area (Å²) in [6.07, 6.45) is 0. The zero-order chi connectivity index (χ0) is 23.1. The maximum Gasteiger partial charge on any atom is 0.243 e. The van der Waals surface area contributed by atoms with Crippen molar-refractivity contribution in [2.24, 2.45) is 0 Å². The lowest BCUT2D eigenvalue weighted by molar-refractivity contribution is -0.116. The molecular weight excluding hydrogens is 472 g/mol. The third-order valence-corrected chi connectivity index (χ3v) is 8.13. The molecule has 0 atom stereocenters. The van der Waals surface area contributed by atoms with Crippen LogP contribution in [0.25, 0.3) is 0 Å². The topological polar surface area (TPSA) is 111 Å². The Balaban J connectivity index is 1.59. The van der Waals surface area contributed by atoms with Gasteiger partial charge in [-0.15, -0.1) is 10.2 Å². The Morgan fingerprint density at radius 2 is 1.81 bits per heavy atom. The van der Waals surface area contributed by atoms with E-state index in [4.69, 9.17) is 9.47 Å². The third kappa shape index (κ3) is 5.97. The molecule has 0 saturated carbocycles. The molecule has 0 aliphatic heterocycles. The fraction of sp³-hybridized carbons (Fsp3) is 0.250. The number of carbonyl (C=O) groups is 1. The fourth-order valence-corrected chi connectivity index (χ4v) is 5.51. The van der Waals surface area contributed by atoms with Gasteiger partial charge in [0.05, 0.1) is 25.7 Å². The maximum atomic E-state index is 12.8. The van der Waals surface area contributed by atoms with E-state index < -0.39 is 15.9 Å². The van der Waals surface area contributed by atoms with Crippen molar-refractivity contribution in [2.45, 2.75) is 15.0 Å². The lowest BCUT2D eigenvalue weighted by Gasteiger charge is -2.17. The highest BCUT2D eigenvalue weighted by Crippen LogP contribution is 2.31. The molecule has 1 N–H and O–H groups in total. The van der Waals surface area contributed by atoms with Crippen molar-refractivity contribution in [2.75, 3.05) is 33.1 Å². The van der Waals surface area contributed by atoms with Crippen LogP contribution >= 0.6 is 23.1 Å². The number of rotatable bonds is 10. The second-order valence-corrected chi connectivity index (χ2v) is 10.7. The molecule has 0 saturated heterocycles. The van der Waals surface area contributed by atoms with Gasteiger partial charge in [-0.25, -0.2) is 8.42 Å². The number of hydrogen-bond acceptors (Lipinski definition) is 9. The predicted octanol–water partition coefficient (Wildman–Crippen LogP) is 3.11. The van der Waals surface area contributed by atoms with Crippen molar-refractivity contribution in [3.8, 4) is 11.5 Å². The number of anilines is 1. The van der Waals surface area contributed by atoms with Gasteiger partial charge >= 0.3 is 0 Å². The van der Waals surface area contributed by atoms with Crippen LogP contribution in [0.3, 0.4) is 0 Å². The van der Waals surface area contributed by atoms with Gasteiger partial charge in [-0.1, -0.05) is 53.4 Å². The molecule has 9 nitrogen and oxygen atoms in total. The number of amides is 1. The van der Waals surface area contributed by atoms with Crippen molar-refractivity contribution in [3.05, 3.63) is 54.1 Å². The summed E-state index contributed by atoms with van der Waals surface area (Å²) in [5.74, 6) is 0.896. The minimum atomic E-state index is -3.92. The number of ether oxygens (including phenoxy) is 2. The molecule has 170 valence electrons. The number of thioether (sulfide) groups is 1. The van der Waals surface area contributed by atoms with Crippen LogP contribution in [-0.2, 0) is 20.6 Å². The van der Waals surface area contributed by atoms with Crippen LogP contribution in [-0.4, -0.2) is 56.6 Å². The van der Waals surface area contributed by atoms with E-state index in [-0.39, 0.29) is 17.2 Å². The van der Waals surface area contributed by atoms with Crippen LogP contribution in [0.15, 0.2) is 57.8 Å². The fourth-order valence-electron chi connectivity index (χ4n) is 2.64. The van der Waals surface area contributed by atoms with Gasteiger partial charge < -0.3 is 9.47 Å². The summed E-state index contributed by atoms with van der Waals surface area (Å²) in [7, 11) is 0.285. The second-order valence-electron chi connectivity index (χ2n) is 6.47. The van der Waals surface area contributed by atoms with Crippen LogP contribution in [0.2, 0.25) is 0 Å². The highest BCUT2D eigenvalue weighted by Gasteiger charge is 2.25. The number of likely N-dealkylation sites (N-methyl/N-ethyl adjacent to an activating group) is 1. The molecule has 1 heterocycles. The Bertz CT molecular complexity index is 1170. The summed E-state index contributed by atoms with van der Waals surface area (Å²) in [4.78, 5) is 12.4. The number of benzene rings is 2. The first-order valence-electron chi connectivity index (χ1n) is 9.32. The van der Waals surface area contributed by atoms with Crippen LogP contribution in [0.5, 0.6) is 11.5 Å². The van der Waals surface area contributed by atoms with Crippen LogP contribution < -0.4 is 14.8 Å². The minimum Gasteiger partial charge on any atom is -0.493 e. The molecule has 0 aliphatic carbocycles. The summed E-state index contributed by atoms with van der Waals surface area (Å²) >= 11 is 2.74. The number of nitrogens with zero attached hydrogens (tertiary/aromatic N) is 3. The van der Waals surface area contributed by atoms with Crippen molar-refractivity contribution >= 4 is 44.2 Å². The molecule has 3 rings (SSSR count). The van der Waals surface area contributed by atoms with E-state index in [0.29, 0.717) is 15.2 Å². The van der Waals surface area contributed by atoms with Crippen molar-refractivity contribution in [1.82, 2.24) is 14.5 Å². The highest BCUT2D eigenvalue weighted by molar-refractivity contribution is 8.00. The molecule has 0 spiro atoms. The Kier molecular flexibility index (Phi) is 8.07. The normalized spacial score (nSPS) is 11.4. The first kappa shape index (κ1) is 24.0. The second kappa shape index (κ2) is 10.8. The van der Waals surface area contributed by atoms with Gasteiger partial charge in [0.25, 0.3) is 0 Å². The van der Waals surface area contributed by atoms with E-state index in [2.05, 4.69) is 15.5 Å². The number of nitrogens with one attached hydrogen (secondary N) is 1. The summed E-state index contributed by atoms with van der Waals surface area (Å²) < 4.78 is 37.6. The number of aromatic nitrogens is 2. The Hall–Kier alpha value is -2.67. The molecule has 0 fully saturated rings. The van der Waals surface area contributed by atoms with Crippen LogP contribution in [0, 0.1) is 0 Å². The molecule has 32 heavy (non-hydrogen) atoms. The first-order chi connectivity index (χ1) is 15.3. The molecule has 0 bridgehead atoms. The molecule has 0 unspecified atom stereocenters. The van der Waals surface area contributed by atoms with Gasteiger partial charge in [0, 0.05) is 18.9 Å². The smallest absolute Gasteiger partial charge is 0.243 e. The van der Waals surface area contributed by atoms with Gasteiger partial charge in [-0.05, 0) is 17.7 Å². The average molecular weight is 495 g/mol. The van der Waals surface area contributed by atoms with Gasteiger partial charge in [-0.2, -0.15) is 4.31 Å². The molecular formula is C20H22N4O5S3. The quantitative estimate of drug-likeness (QED) is 0.338. The lowest BCUT2D eigenvalue weighted by Crippen LogP contribution is -2.35. The van der Waals surface area contributed by atoms with E-state index in [0.717, 1.165) is 15.6 Å². The molecule has 1 amide bonds. The molecule has 12 heteroatoms. The zero-order valence-electron chi connectivity index (χ0n) is 17.6. The van der Waals surface area contributed by atoms with Crippen LogP contribution in [0.1, 0.15) is 5.56 Å². The van der Waals surface area contributed by atoms with Crippen LogP contribution in [0.4, 0.5) is 5.13 Å². The predicted molar refractivity (Wildman–Crippen MR) is 124 cm³/mol. The number of hydrogen-bond donors (Lipinski definition) is 1. The van der Waals surface area contributed by atoms with E-state index >= 15 is 0 Å². The largest absolute Gasteiger partial charge is 0.493 e. The molecule has 2 aromatic carbocycles. The van der Waals surface area contributed by atoms with Gasteiger partial charge in [0.15, 0.2) is 15.8 Å². The van der Waals surface area contributed by atoms with Gasteiger partial charge in [-0.3, -0.25) is 10.1 Å². The number of methoxy groups -OCH3 is 2. The average Bonchev–Trinajstić information content (AvgIpc) is 3.24. The molecule has 0 aliphatic rings. The molecule has 0 radical (unpaired) electrons. The van der Waals surface area contributed by atoms with Gasteiger partial charge in [0.2, 0.25) is 21.1 Å². The Morgan fingerprint density at radius 1 is 1.09 bits per heavy atom. The third-order valence-electron chi connectivity index (χ3n) is 4.29. The summed E-state index contributed by atoms with van der Waals surface area (Å²) in [6.45, 7) is -0.386. The minimum absolute atomic E-state index is 0.0130. The Morgan fingerprint density at radius 3 is 2.50 bits per heavy atom. The van der Waals surface area contributed by atoms with Gasteiger partial charge in [0.1, 0.15) is 0 Å². The van der Waals surface area contributed by atoms with E-state index in [1.165, 1.54) is 62.6 Å². The number of carbonyl (C=O) groups excluding carboxylic acids is 1. The van der Waals surface area contributed by atoms with E-state index in [9.17, 15) is 13.2 Å². The first-order valence-corrected chi connectivity index (χ1v) is 12.6. The zero-order valence-corrected chi connectivity index (χ0v) is 20.1. The number of sulfonamides is 1. The van der Waals surface area contributed by atoms with E-state index in [1.807, 2.05) is 30.3 Å². The van der Waals surface area contributed by atoms with Crippen molar-refractivity contribution < 1.29 is 22.7 Å². The SMILES string of the molecule is COc1ccc(S(=O)(=O)N(C)CC(=O)Nc2nnc(SCc3ccccc3)s2)cc1OC. The molecule has 3 aromatic rings. The summed E-state index contributed by atoms with van der Waals surface area (Å²) in [6, 6.07) is 14.2. The lowest BCUT2D eigenvalue weighted by atomic mass is 10.2. The summed E-state index contributed by atoms with van der Waals surface area (Å²) in [5.41, 5.74) is 1.15. The standard InChI is InChI=1S/C20H22N4O5S3/c1-24(32(26,27)15-9-10-16(28-2)17(11-15)29-3)12-18(25)21-19-22-23-20(31-19)30-13-14-7-5-4-6-8-14/h4-11H,12-13H2,1-3H3,(H,21,22,25). The monoisotopic (exact) mass is 494 g/mol. The Labute approximate surface area is 194 Å². The highest BCUT2D eigenvalue weighted by atomic mass is 32.2. The molecule has 1 aromatic heterocycles. The maximum absolute atomic E-state index is 12.8. The summed E-state index contributed by atoms with van der Waals surface area (Å²) in [5, 5.41) is 10.9. The van der Waals surface area contributed by atoms with Crippen molar-refractivity contribution in [3.63, 3.8) is 0 Å². The van der Waals surface area contributed by atoms with Crippen molar-refractivity contribution in [1.29, 1.82) is 0 Å². The van der Waals surface area contributed by atoms with E-state index in [1.54, 1.807) is 0 Å².